The summed E-state index contributed by atoms with van der Waals surface area (Å²) in [4.78, 5) is 2.00. The number of hydrogen-bond donors (Lipinski definition) is 0. The molecule has 1 atom stereocenters. The first-order chi connectivity index (χ1) is 7.53. The molecule has 1 aliphatic rings. The molecular weight excluding hydrogens is 348 g/mol. The van der Waals surface area contributed by atoms with Gasteiger partial charge in [0, 0.05) is 4.88 Å². The van der Waals surface area contributed by atoms with E-state index >= 15 is 0 Å². The summed E-state index contributed by atoms with van der Waals surface area (Å²) in [6.45, 7) is 4.61. The molecule has 1 aliphatic carbocycles. The summed E-state index contributed by atoms with van der Waals surface area (Å²) in [6.07, 6.45) is 6.92. The monoisotopic (exact) mass is 364 g/mol. The largest absolute Gasteiger partial charge is 0.132 e. The van der Waals surface area contributed by atoms with Gasteiger partial charge in [-0.05, 0) is 52.7 Å². The van der Waals surface area contributed by atoms with Crippen molar-refractivity contribution < 1.29 is 0 Å². The van der Waals surface area contributed by atoms with Gasteiger partial charge in [-0.1, -0.05) is 42.1 Å². The van der Waals surface area contributed by atoms with Gasteiger partial charge in [0.15, 0.2) is 0 Å². The maximum absolute atomic E-state index is 3.94. The van der Waals surface area contributed by atoms with Crippen LogP contribution in [0.3, 0.4) is 0 Å². The number of thiophene rings is 1. The highest BCUT2D eigenvalue weighted by Crippen LogP contribution is 2.52. The lowest BCUT2D eigenvalue weighted by atomic mass is 9.73. The topological polar surface area (TPSA) is 0 Å². The maximum atomic E-state index is 3.94. The van der Waals surface area contributed by atoms with Crippen LogP contribution in [0.15, 0.2) is 9.85 Å². The van der Waals surface area contributed by atoms with Gasteiger partial charge in [0.05, 0.1) is 8.61 Å². The summed E-state index contributed by atoms with van der Waals surface area (Å²) < 4.78 is 1.28. The van der Waals surface area contributed by atoms with E-state index in [-0.39, 0.29) is 0 Å². The molecular formula is C13H18Br2S. The van der Waals surface area contributed by atoms with E-state index in [1.165, 1.54) is 46.3 Å². The zero-order valence-electron chi connectivity index (χ0n) is 9.85. The SMILES string of the molecule is Cc1cc(C(Br)C2(C)CCCCC2)sc1Br. The average Bonchev–Trinajstić information content (AvgIpc) is 2.59. The standard InChI is InChI=1S/C13H18Br2S/c1-9-8-10(16-12(9)15)11(14)13(2)6-4-3-5-7-13/h8,11H,3-7H2,1-2H3. The molecule has 1 heterocycles. The molecule has 0 nitrogen and oxygen atoms in total. The Morgan fingerprint density at radius 3 is 2.44 bits per heavy atom. The molecule has 0 aromatic carbocycles. The Bertz CT molecular complexity index is 345. The van der Waals surface area contributed by atoms with E-state index in [1.807, 2.05) is 11.3 Å². The number of hydrogen-bond acceptors (Lipinski definition) is 1. The third kappa shape index (κ3) is 2.56. The van der Waals surface area contributed by atoms with E-state index in [0.29, 0.717) is 10.2 Å². The minimum absolute atomic E-state index is 0.453. The molecule has 16 heavy (non-hydrogen) atoms. The summed E-state index contributed by atoms with van der Waals surface area (Å²) in [6, 6.07) is 2.33. The van der Waals surface area contributed by atoms with Crippen LogP contribution in [0.1, 0.15) is 54.3 Å². The van der Waals surface area contributed by atoms with E-state index in [0.717, 1.165) is 0 Å². The van der Waals surface area contributed by atoms with Crippen molar-refractivity contribution in [3.63, 3.8) is 0 Å². The highest BCUT2D eigenvalue weighted by Gasteiger charge is 2.35. The maximum Gasteiger partial charge on any atom is 0.0730 e. The lowest BCUT2D eigenvalue weighted by Crippen LogP contribution is -2.24. The van der Waals surface area contributed by atoms with Crippen LogP contribution in [-0.2, 0) is 0 Å². The van der Waals surface area contributed by atoms with E-state index in [9.17, 15) is 0 Å². The summed E-state index contributed by atoms with van der Waals surface area (Å²) in [5, 5.41) is 0. The third-order valence-electron chi connectivity index (χ3n) is 3.73. The second-order valence-corrected chi connectivity index (χ2v) is 8.50. The fourth-order valence-electron chi connectivity index (χ4n) is 2.56. The molecule has 2 rings (SSSR count). The van der Waals surface area contributed by atoms with E-state index in [2.05, 4.69) is 51.8 Å². The van der Waals surface area contributed by atoms with Gasteiger partial charge in [-0.25, -0.2) is 0 Å². The molecule has 0 radical (unpaired) electrons. The van der Waals surface area contributed by atoms with Crippen molar-refractivity contribution in [1.29, 1.82) is 0 Å². The van der Waals surface area contributed by atoms with E-state index in [4.69, 9.17) is 0 Å². The van der Waals surface area contributed by atoms with Gasteiger partial charge in [0.25, 0.3) is 0 Å². The zero-order chi connectivity index (χ0) is 11.8. The van der Waals surface area contributed by atoms with Crippen molar-refractivity contribution in [2.24, 2.45) is 5.41 Å². The molecule has 1 saturated carbocycles. The number of halogens is 2. The van der Waals surface area contributed by atoms with Crippen LogP contribution in [-0.4, -0.2) is 0 Å². The van der Waals surface area contributed by atoms with Gasteiger partial charge in [-0.3, -0.25) is 0 Å². The quantitative estimate of drug-likeness (QED) is 0.545. The first-order valence-electron chi connectivity index (χ1n) is 5.93. The number of aryl methyl sites for hydroxylation is 1. The Morgan fingerprint density at radius 2 is 1.94 bits per heavy atom. The molecule has 1 aromatic rings. The second kappa shape index (κ2) is 5.11. The summed E-state index contributed by atoms with van der Waals surface area (Å²) in [5.41, 5.74) is 1.82. The number of rotatable bonds is 2. The van der Waals surface area contributed by atoms with Gasteiger partial charge < -0.3 is 0 Å². The van der Waals surface area contributed by atoms with Gasteiger partial charge in [0.2, 0.25) is 0 Å². The molecule has 0 aliphatic heterocycles. The highest BCUT2D eigenvalue weighted by atomic mass is 79.9. The Labute approximate surface area is 119 Å². The second-order valence-electron chi connectivity index (χ2n) is 5.18. The van der Waals surface area contributed by atoms with Crippen LogP contribution in [0.5, 0.6) is 0 Å². The Kier molecular flexibility index (Phi) is 4.19. The molecule has 0 N–H and O–H groups in total. The predicted molar refractivity (Wildman–Crippen MR) is 79.6 cm³/mol. The molecule has 0 spiro atoms. The van der Waals surface area contributed by atoms with Crippen molar-refractivity contribution in [2.75, 3.05) is 0 Å². The third-order valence-corrected chi connectivity index (χ3v) is 7.84. The number of alkyl halides is 1. The fraction of sp³-hybridized carbons (Fsp3) is 0.692. The zero-order valence-corrected chi connectivity index (χ0v) is 13.8. The minimum atomic E-state index is 0.453. The van der Waals surface area contributed by atoms with E-state index < -0.39 is 0 Å². The first-order valence-corrected chi connectivity index (χ1v) is 8.45. The minimum Gasteiger partial charge on any atom is -0.132 e. The van der Waals surface area contributed by atoms with Gasteiger partial charge in [-0.15, -0.1) is 11.3 Å². The summed E-state index contributed by atoms with van der Waals surface area (Å²) >= 11 is 9.45. The van der Waals surface area contributed by atoms with Crippen LogP contribution in [0.4, 0.5) is 0 Å². The Morgan fingerprint density at radius 1 is 1.31 bits per heavy atom. The van der Waals surface area contributed by atoms with Crippen LogP contribution in [0.25, 0.3) is 0 Å². The highest BCUT2D eigenvalue weighted by molar-refractivity contribution is 9.11. The smallest absolute Gasteiger partial charge is 0.0730 e. The predicted octanol–water partition coefficient (Wildman–Crippen LogP) is 6.23. The average molecular weight is 366 g/mol. The Balaban J connectivity index is 2.20. The van der Waals surface area contributed by atoms with Crippen LogP contribution in [0.2, 0.25) is 0 Å². The lowest BCUT2D eigenvalue weighted by molar-refractivity contribution is 0.214. The van der Waals surface area contributed by atoms with Crippen LogP contribution < -0.4 is 0 Å². The molecule has 1 unspecified atom stereocenters. The van der Waals surface area contributed by atoms with Gasteiger partial charge >= 0.3 is 0 Å². The van der Waals surface area contributed by atoms with Crippen molar-refractivity contribution >= 4 is 43.2 Å². The molecule has 0 amide bonds. The fourth-order valence-corrected chi connectivity index (χ4v) is 5.16. The Hall–Kier alpha value is 0.660. The summed E-state index contributed by atoms with van der Waals surface area (Å²) in [5.74, 6) is 0. The molecule has 3 heteroatoms. The first kappa shape index (κ1) is 13.1. The van der Waals surface area contributed by atoms with Crippen molar-refractivity contribution in [1.82, 2.24) is 0 Å². The van der Waals surface area contributed by atoms with Gasteiger partial charge in [-0.2, -0.15) is 0 Å². The van der Waals surface area contributed by atoms with Gasteiger partial charge in [0.1, 0.15) is 0 Å². The lowest BCUT2D eigenvalue weighted by Gasteiger charge is -2.37. The normalized spacial score (nSPS) is 22.0. The molecule has 90 valence electrons. The molecule has 0 bridgehead atoms. The molecule has 0 saturated heterocycles. The molecule has 1 aromatic heterocycles. The van der Waals surface area contributed by atoms with Crippen molar-refractivity contribution in [3.8, 4) is 0 Å². The van der Waals surface area contributed by atoms with E-state index in [1.54, 1.807) is 0 Å². The molecule has 1 fully saturated rings. The van der Waals surface area contributed by atoms with Crippen LogP contribution >= 0.6 is 43.2 Å². The van der Waals surface area contributed by atoms with Crippen molar-refractivity contribution in [2.45, 2.75) is 50.8 Å². The van der Waals surface area contributed by atoms with Crippen LogP contribution in [0, 0.1) is 12.3 Å². The summed E-state index contributed by atoms with van der Waals surface area (Å²) in [7, 11) is 0. The van der Waals surface area contributed by atoms with Crippen molar-refractivity contribution in [3.05, 3.63) is 20.3 Å².